The number of hydrogen-bond acceptors (Lipinski definition) is 5. The summed E-state index contributed by atoms with van der Waals surface area (Å²) in [5, 5.41) is 4.10. The smallest absolute Gasteiger partial charge is 0.459 e. The first-order valence-corrected chi connectivity index (χ1v) is 10.3. The van der Waals surface area contributed by atoms with Gasteiger partial charge in [-0.2, -0.15) is 0 Å². The molecule has 1 aromatic heterocycles. The first-order valence-electron chi connectivity index (χ1n) is 7.43. The van der Waals surface area contributed by atoms with Gasteiger partial charge in [-0.3, -0.25) is 4.79 Å². The number of halogens is 1. The molecule has 1 aliphatic carbocycles. The topological polar surface area (TPSA) is 83.2 Å². The van der Waals surface area contributed by atoms with Crippen LogP contribution in [0, 0.1) is 0 Å². The number of aromatic nitrogens is 1. The number of hydrogen-bond donors (Lipinski definition) is 0. The summed E-state index contributed by atoms with van der Waals surface area (Å²) < 4.78 is 28.2. The molecule has 0 N–H and O–H groups in total. The van der Waals surface area contributed by atoms with Crippen LogP contribution in [0.15, 0.2) is 27.7 Å². The van der Waals surface area contributed by atoms with Crippen LogP contribution < -0.4 is 0 Å². The monoisotopic (exact) mass is 384 g/mol. The van der Waals surface area contributed by atoms with Crippen molar-refractivity contribution < 1.29 is 18.1 Å². The molecule has 2 aromatic rings. The van der Waals surface area contributed by atoms with E-state index in [0.717, 1.165) is 12.8 Å². The lowest BCUT2D eigenvalue weighted by molar-refractivity contribution is 0.103. The van der Waals surface area contributed by atoms with E-state index >= 15 is 0 Å². The predicted octanol–water partition coefficient (Wildman–Crippen LogP) is 3.14. The molecule has 0 aliphatic heterocycles. The van der Waals surface area contributed by atoms with Crippen molar-refractivity contribution in [1.82, 2.24) is 5.16 Å². The van der Waals surface area contributed by atoms with Crippen molar-refractivity contribution in [3.05, 3.63) is 45.8 Å². The standard InChI is InChI=1S/C16H15ClNO4S2/c1-24(21)16-11(6-7-23-20)10(4-5-13(16)17)14(19)12-8-18-22-15(12)9-2-3-9/h4-5,8-9H,2-3,6-7H2,1H3/q+1. The zero-order valence-electron chi connectivity index (χ0n) is 12.9. The van der Waals surface area contributed by atoms with E-state index in [1.54, 1.807) is 12.1 Å². The van der Waals surface area contributed by atoms with Gasteiger partial charge in [0.25, 0.3) is 0 Å². The fourth-order valence-corrected chi connectivity index (χ4v) is 4.41. The number of carbonyl (C=O) groups is 1. The van der Waals surface area contributed by atoms with Gasteiger partial charge in [0.15, 0.2) is 16.4 Å². The number of ketones is 1. The molecule has 126 valence electrons. The molecule has 0 saturated heterocycles. The maximum atomic E-state index is 13.0. The van der Waals surface area contributed by atoms with E-state index in [0.29, 0.717) is 50.5 Å². The first-order chi connectivity index (χ1) is 11.5. The molecule has 0 spiro atoms. The van der Waals surface area contributed by atoms with E-state index < -0.39 is 11.2 Å². The number of nitrogens with zero attached hydrogens (tertiary/aromatic N) is 1. The molecular formula is C16H15ClNO4S2+. The summed E-state index contributed by atoms with van der Waals surface area (Å²) in [6.07, 6.45) is 5.24. The Morgan fingerprint density at radius 3 is 2.83 bits per heavy atom. The highest BCUT2D eigenvalue weighted by Gasteiger charge is 2.34. The van der Waals surface area contributed by atoms with Gasteiger partial charge in [-0.05, 0) is 36.2 Å². The quantitative estimate of drug-likeness (QED) is 0.541. The lowest BCUT2D eigenvalue weighted by Gasteiger charge is -2.14. The lowest BCUT2D eigenvalue weighted by atomic mass is 9.96. The van der Waals surface area contributed by atoms with Crippen molar-refractivity contribution >= 4 is 40.2 Å². The average molecular weight is 385 g/mol. The van der Waals surface area contributed by atoms with Crippen molar-refractivity contribution in [2.24, 2.45) is 0 Å². The van der Waals surface area contributed by atoms with Crippen LogP contribution in [0.5, 0.6) is 0 Å². The summed E-state index contributed by atoms with van der Waals surface area (Å²) in [6.45, 7) is 0. The first kappa shape index (κ1) is 17.5. The molecule has 1 fully saturated rings. The Balaban J connectivity index is 2.08. The third-order valence-electron chi connectivity index (χ3n) is 3.97. The fourth-order valence-electron chi connectivity index (χ4n) is 2.72. The van der Waals surface area contributed by atoms with Crippen molar-refractivity contribution in [2.45, 2.75) is 30.1 Å². The number of rotatable bonds is 7. The summed E-state index contributed by atoms with van der Waals surface area (Å²) >= 11 is 5.24. The molecule has 0 amide bonds. The molecule has 24 heavy (non-hydrogen) atoms. The average Bonchev–Trinajstić information content (AvgIpc) is 3.28. The fraction of sp³-hybridized carbons (Fsp3) is 0.375. The number of carbonyl (C=O) groups excluding carboxylic acids is 1. The van der Waals surface area contributed by atoms with Gasteiger partial charge in [-0.15, -0.1) is 0 Å². The van der Waals surface area contributed by atoms with Crippen LogP contribution in [0.1, 0.15) is 46.0 Å². The van der Waals surface area contributed by atoms with E-state index in [1.165, 1.54) is 12.5 Å². The van der Waals surface area contributed by atoms with Gasteiger partial charge in [0.2, 0.25) is 5.75 Å². The summed E-state index contributed by atoms with van der Waals surface area (Å²) in [5.74, 6) is 0.897. The molecule has 3 rings (SSSR count). The summed E-state index contributed by atoms with van der Waals surface area (Å²) in [4.78, 5) is 13.4. The third kappa shape index (κ3) is 3.39. The molecule has 0 radical (unpaired) electrons. The summed E-state index contributed by atoms with van der Waals surface area (Å²) in [7, 11) is 0. The van der Waals surface area contributed by atoms with Gasteiger partial charge in [0.1, 0.15) is 6.26 Å². The highest BCUT2D eigenvalue weighted by Crippen LogP contribution is 2.42. The highest BCUT2D eigenvalue weighted by atomic mass is 35.5. The Morgan fingerprint density at radius 1 is 1.46 bits per heavy atom. The van der Waals surface area contributed by atoms with Crippen molar-refractivity contribution in [3.8, 4) is 0 Å². The Morgan fingerprint density at radius 2 is 2.21 bits per heavy atom. The van der Waals surface area contributed by atoms with E-state index in [2.05, 4.69) is 5.16 Å². The normalized spacial score (nSPS) is 15.3. The molecule has 1 aromatic carbocycles. The molecule has 1 unspecified atom stereocenters. The van der Waals surface area contributed by atoms with Crippen molar-refractivity contribution in [1.29, 1.82) is 0 Å². The Labute approximate surface area is 151 Å². The summed E-state index contributed by atoms with van der Waals surface area (Å²) in [6, 6.07) is 3.19. The van der Waals surface area contributed by atoms with Crippen LogP contribution in [0.2, 0.25) is 5.02 Å². The van der Waals surface area contributed by atoms with Crippen LogP contribution in [0.3, 0.4) is 0 Å². The highest BCUT2D eigenvalue weighted by molar-refractivity contribution is 7.90. The van der Waals surface area contributed by atoms with Gasteiger partial charge in [-0.25, -0.2) is 0 Å². The minimum atomic E-state index is -1.37. The Kier molecular flexibility index (Phi) is 5.34. The van der Waals surface area contributed by atoms with E-state index in [1.807, 2.05) is 0 Å². The van der Waals surface area contributed by atoms with Crippen LogP contribution >= 0.6 is 11.6 Å². The molecule has 1 atom stereocenters. The molecule has 1 heterocycles. The summed E-state index contributed by atoms with van der Waals surface area (Å²) in [5.41, 5.74) is 1.41. The third-order valence-corrected chi connectivity index (χ3v) is 5.81. The van der Waals surface area contributed by atoms with Gasteiger partial charge < -0.3 is 9.08 Å². The van der Waals surface area contributed by atoms with Crippen LogP contribution in [0.4, 0.5) is 0 Å². The minimum Gasteiger partial charge on any atom is -0.612 e. The van der Waals surface area contributed by atoms with Gasteiger partial charge in [-0.1, -0.05) is 16.8 Å². The van der Waals surface area contributed by atoms with Crippen LogP contribution in [-0.4, -0.2) is 27.5 Å². The Hall–Kier alpha value is -1.28. The zero-order chi connectivity index (χ0) is 17.3. The molecule has 5 nitrogen and oxygen atoms in total. The van der Waals surface area contributed by atoms with Crippen molar-refractivity contribution in [3.63, 3.8) is 0 Å². The molecule has 8 heteroatoms. The largest absolute Gasteiger partial charge is 0.612 e. The van der Waals surface area contributed by atoms with E-state index in [9.17, 15) is 13.6 Å². The maximum absolute atomic E-state index is 13.0. The van der Waals surface area contributed by atoms with Gasteiger partial charge >= 0.3 is 11.7 Å². The van der Waals surface area contributed by atoms with Crippen LogP contribution in [-0.2, 0) is 33.5 Å². The van der Waals surface area contributed by atoms with E-state index in [4.69, 9.17) is 16.1 Å². The van der Waals surface area contributed by atoms with Gasteiger partial charge in [0.05, 0.1) is 16.8 Å². The molecule has 1 saturated carbocycles. The minimum absolute atomic E-state index is 0.229. The zero-order valence-corrected chi connectivity index (χ0v) is 15.3. The molecular weight excluding hydrogens is 370 g/mol. The molecule has 1 aliphatic rings. The Bertz CT molecular complexity index is 786. The number of benzene rings is 1. The lowest BCUT2D eigenvalue weighted by Crippen LogP contribution is -2.13. The van der Waals surface area contributed by atoms with Crippen molar-refractivity contribution in [2.75, 3.05) is 12.0 Å². The van der Waals surface area contributed by atoms with Crippen LogP contribution in [0.25, 0.3) is 0 Å². The predicted molar refractivity (Wildman–Crippen MR) is 92.3 cm³/mol. The van der Waals surface area contributed by atoms with E-state index in [-0.39, 0.29) is 17.5 Å². The second-order valence-electron chi connectivity index (χ2n) is 5.64. The second-order valence-corrected chi connectivity index (χ2v) is 8.00. The van der Waals surface area contributed by atoms with Gasteiger partial charge in [0, 0.05) is 27.7 Å². The SMILES string of the molecule is C[S+]([O-])c1c(Cl)ccc(C(=O)c2cnoc2C2CC2)c1CC[S+]=O. The molecule has 0 bridgehead atoms. The second kappa shape index (κ2) is 7.31. The maximum Gasteiger partial charge on any atom is 0.459 e.